The second-order valence-corrected chi connectivity index (χ2v) is 10.8. The van der Waals surface area contributed by atoms with Crippen molar-refractivity contribution in [3.8, 4) is 0 Å². The lowest BCUT2D eigenvalue weighted by molar-refractivity contribution is -0.00960. The number of hydrogen-bond donors (Lipinski definition) is 0. The smallest absolute Gasteiger partial charge is 0.282 e. The number of carbonyl (C=O) groups excluding carboxylic acids is 4. The van der Waals surface area contributed by atoms with Crippen LogP contribution >= 0.6 is 81.2 Å². The summed E-state index contributed by atoms with van der Waals surface area (Å²) in [5.74, 6) is -4.71. The van der Waals surface area contributed by atoms with E-state index in [0.717, 1.165) is 12.1 Å². The minimum atomic E-state index is -1.53. The molecule has 1 aliphatic heterocycles. The summed E-state index contributed by atoms with van der Waals surface area (Å²) in [5, 5.41) is -0.119. The van der Waals surface area contributed by atoms with E-state index in [-0.39, 0.29) is 53.6 Å². The Morgan fingerprint density at radius 2 is 1.28 bits per heavy atom. The number of carbonyl (C=O) groups is 4. The third-order valence-corrected chi connectivity index (χ3v) is 8.54. The first-order valence-corrected chi connectivity index (χ1v) is 13.6. The Balaban J connectivity index is 1.93. The lowest BCUT2D eigenvalue weighted by atomic mass is 10.0. The Labute approximate surface area is 256 Å². The molecule has 0 saturated heterocycles. The summed E-state index contributed by atoms with van der Waals surface area (Å²) < 4.78 is 13.6. The van der Waals surface area contributed by atoms with Gasteiger partial charge in [-0.3, -0.25) is 19.2 Å². The summed E-state index contributed by atoms with van der Waals surface area (Å²) in [6.45, 7) is 0. The van der Waals surface area contributed by atoms with Crippen molar-refractivity contribution in [2.45, 2.75) is 12.5 Å². The molecule has 1 heterocycles. The first kappa shape index (κ1) is 29.9. The van der Waals surface area contributed by atoms with Gasteiger partial charge in [-0.05, 0) is 48.9 Å². The van der Waals surface area contributed by atoms with Gasteiger partial charge in [0.05, 0.1) is 41.3 Å². The van der Waals surface area contributed by atoms with E-state index in [9.17, 15) is 23.6 Å². The fourth-order valence-electron chi connectivity index (χ4n) is 3.94. The molecular weight excluding hydrogens is 659 g/mol. The Bertz CT molecular complexity index is 1500. The molecule has 4 rings (SSSR count). The third kappa shape index (κ3) is 5.34. The second-order valence-electron chi connectivity index (χ2n) is 8.07. The maximum atomic E-state index is 14.0. The number of alkyl halides is 1. The van der Waals surface area contributed by atoms with Crippen LogP contribution in [-0.4, -0.2) is 45.4 Å². The molecule has 1 atom stereocenters. The van der Waals surface area contributed by atoms with Gasteiger partial charge in [0.2, 0.25) is 0 Å². The Hall–Kier alpha value is -2.10. The van der Waals surface area contributed by atoms with Crippen LogP contribution in [0, 0.1) is 5.82 Å². The highest BCUT2D eigenvalue weighted by atomic mass is 35.5. The highest BCUT2D eigenvalue weighted by Crippen LogP contribution is 2.45. The van der Waals surface area contributed by atoms with Crippen molar-refractivity contribution in [2.24, 2.45) is 0 Å². The van der Waals surface area contributed by atoms with Crippen molar-refractivity contribution >= 4 is 105 Å². The number of Topliss-reactive ketones (excluding diaryl/α,β-unsaturated/α-hetero) is 1. The zero-order chi connectivity index (χ0) is 28.8. The summed E-state index contributed by atoms with van der Waals surface area (Å²) in [7, 11) is 0. The maximum Gasteiger partial charge on any atom is 0.282 e. The number of ketones is 1. The quantitative estimate of drug-likeness (QED) is 0.0834. The summed E-state index contributed by atoms with van der Waals surface area (Å²) in [5.41, 5.74) is -0.961. The molecule has 3 aromatic carbocycles. The van der Waals surface area contributed by atoms with Gasteiger partial charge in [0.25, 0.3) is 17.7 Å². The van der Waals surface area contributed by atoms with E-state index >= 15 is 0 Å². The van der Waals surface area contributed by atoms with Crippen molar-refractivity contribution in [1.82, 2.24) is 10.0 Å². The van der Waals surface area contributed by atoms with Gasteiger partial charge < -0.3 is 0 Å². The van der Waals surface area contributed by atoms with Crippen LogP contribution in [-0.2, 0) is 0 Å². The standard InChI is InChI=1S/C25H12Cl7FN2O4/c26-8-7-15(22(36)10-1-4-12(33)5-2-10)34(23(37)11-3-6-13(27)14(28)9-11)35-24(38)16-17(25(35)39)19(30)21(32)20(31)18(16)29/h1-6,9,15H,7-8H2/t15-/m1/s1. The van der Waals surface area contributed by atoms with Gasteiger partial charge in [-0.2, -0.15) is 5.01 Å². The van der Waals surface area contributed by atoms with Gasteiger partial charge in [-0.25, -0.2) is 9.40 Å². The molecule has 0 aliphatic carbocycles. The average molecular weight is 672 g/mol. The second kappa shape index (κ2) is 11.8. The zero-order valence-corrected chi connectivity index (χ0v) is 24.4. The van der Waals surface area contributed by atoms with Gasteiger partial charge in [0.15, 0.2) is 5.78 Å². The van der Waals surface area contributed by atoms with E-state index in [2.05, 4.69) is 0 Å². The number of rotatable bonds is 7. The summed E-state index contributed by atoms with van der Waals surface area (Å²) in [6, 6.07) is 6.75. The molecular formula is C25H12Cl7FN2O4. The largest absolute Gasteiger partial charge is 0.292 e. The van der Waals surface area contributed by atoms with E-state index in [1.54, 1.807) is 0 Å². The van der Waals surface area contributed by atoms with E-state index in [1.165, 1.54) is 30.3 Å². The molecule has 0 bridgehead atoms. The molecule has 0 saturated carbocycles. The van der Waals surface area contributed by atoms with Gasteiger partial charge in [0, 0.05) is 17.0 Å². The first-order valence-electron chi connectivity index (χ1n) is 10.8. The van der Waals surface area contributed by atoms with Crippen LogP contribution in [0.1, 0.15) is 47.9 Å². The minimum absolute atomic E-state index is 0.00626. The molecule has 202 valence electrons. The van der Waals surface area contributed by atoms with Crippen LogP contribution in [0.3, 0.4) is 0 Å². The number of benzene rings is 3. The van der Waals surface area contributed by atoms with E-state index < -0.39 is 46.5 Å². The van der Waals surface area contributed by atoms with Crippen molar-refractivity contribution in [2.75, 3.05) is 5.88 Å². The van der Waals surface area contributed by atoms with Crippen molar-refractivity contribution in [3.05, 3.63) is 101 Å². The molecule has 0 unspecified atom stereocenters. The van der Waals surface area contributed by atoms with Crippen LogP contribution in [0.2, 0.25) is 30.1 Å². The zero-order valence-electron chi connectivity index (χ0n) is 19.1. The molecule has 0 N–H and O–H groups in total. The molecule has 3 amide bonds. The molecule has 0 fully saturated rings. The van der Waals surface area contributed by atoms with Crippen molar-refractivity contribution in [1.29, 1.82) is 0 Å². The monoisotopic (exact) mass is 668 g/mol. The minimum Gasteiger partial charge on any atom is -0.292 e. The summed E-state index contributed by atoms with van der Waals surface area (Å²) in [6.07, 6.45) is -0.221. The predicted molar refractivity (Wildman–Crippen MR) is 149 cm³/mol. The molecule has 3 aromatic rings. The van der Waals surface area contributed by atoms with Gasteiger partial charge in [0.1, 0.15) is 11.9 Å². The van der Waals surface area contributed by atoms with Crippen LogP contribution < -0.4 is 0 Å². The highest BCUT2D eigenvalue weighted by molar-refractivity contribution is 6.55. The summed E-state index contributed by atoms with van der Waals surface area (Å²) >= 11 is 42.8. The van der Waals surface area contributed by atoms with Crippen LogP contribution in [0.15, 0.2) is 42.5 Å². The molecule has 0 radical (unpaired) electrons. The molecule has 14 heteroatoms. The lowest BCUT2D eigenvalue weighted by Gasteiger charge is -2.36. The van der Waals surface area contributed by atoms with E-state index in [4.69, 9.17) is 81.2 Å². The normalized spacial score (nSPS) is 13.5. The van der Waals surface area contributed by atoms with Crippen molar-refractivity contribution in [3.63, 3.8) is 0 Å². The van der Waals surface area contributed by atoms with Gasteiger partial charge >= 0.3 is 0 Å². The summed E-state index contributed by atoms with van der Waals surface area (Å²) in [4.78, 5) is 55.0. The fourth-order valence-corrected chi connectivity index (χ4v) is 5.46. The van der Waals surface area contributed by atoms with Crippen molar-refractivity contribution < 1.29 is 23.6 Å². The molecule has 6 nitrogen and oxygen atoms in total. The number of fused-ring (bicyclic) bond motifs is 1. The topological polar surface area (TPSA) is 74.8 Å². The van der Waals surface area contributed by atoms with Gasteiger partial charge in [-0.1, -0.05) is 69.6 Å². The number of amides is 3. The molecule has 0 aromatic heterocycles. The van der Waals surface area contributed by atoms with Crippen LogP contribution in [0.4, 0.5) is 4.39 Å². The lowest BCUT2D eigenvalue weighted by Crippen LogP contribution is -2.57. The number of nitrogens with zero attached hydrogens (tertiary/aromatic N) is 2. The van der Waals surface area contributed by atoms with Gasteiger partial charge in [-0.15, -0.1) is 11.6 Å². The van der Waals surface area contributed by atoms with E-state index in [0.29, 0.717) is 10.0 Å². The van der Waals surface area contributed by atoms with Crippen LogP contribution in [0.5, 0.6) is 0 Å². The number of hydrazine groups is 1. The maximum absolute atomic E-state index is 14.0. The third-order valence-electron chi connectivity index (χ3n) is 5.78. The molecule has 0 spiro atoms. The Morgan fingerprint density at radius 1 is 0.769 bits per heavy atom. The fraction of sp³-hybridized carbons (Fsp3) is 0.120. The number of hydrogen-bond acceptors (Lipinski definition) is 4. The SMILES string of the molecule is O=C(c1ccc(F)cc1)[C@@H](CCCl)N(C(=O)c1ccc(Cl)c(Cl)c1)N1C(=O)c2c(Cl)c(Cl)c(Cl)c(Cl)c2C1=O. The first-order chi connectivity index (χ1) is 18.4. The predicted octanol–water partition coefficient (Wildman–Crippen LogP) is 8.28. The Morgan fingerprint density at radius 3 is 1.77 bits per heavy atom. The number of halogens is 8. The Kier molecular flexibility index (Phi) is 9.03. The highest BCUT2D eigenvalue weighted by Gasteiger charge is 2.49. The van der Waals surface area contributed by atoms with Crippen LogP contribution in [0.25, 0.3) is 0 Å². The average Bonchev–Trinajstić information content (AvgIpc) is 3.17. The molecule has 39 heavy (non-hydrogen) atoms. The number of imide groups is 1. The molecule has 1 aliphatic rings. The van der Waals surface area contributed by atoms with E-state index in [1.807, 2.05) is 0 Å².